The Bertz CT molecular complexity index is 137. The normalized spacial score (nSPS) is 13.3. The average molecular weight is 215 g/mol. The van der Waals surface area contributed by atoms with Gasteiger partial charge in [-0.3, -0.25) is 0 Å². The first-order valence-electron chi connectivity index (χ1n) is 6.12. The van der Waals surface area contributed by atoms with Gasteiger partial charge >= 0.3 is 0 Å². The molecule has 0 saturated heterocycles. The minimum Gasteiger partial charge on any atom is -0.656 e. The van der Waals surface area contributed by atoms with E-state index in [9.17, 15) is 0 Å². The van der Waals surface area contributed by atoms with E-state index in [1.807, 2.05) is 0 Å². The molecule has 0 aliphatic heterocycles. The lowest BCUT2D eigenvalue weighted by Gasteiger charge is -2.36. The molecule has 0 radical (unpaired) electrons. The summed E-state index contributed by atoms with van der Waals surface area (Å²) in [6, 6.07) is 0. The molecule has 0 aliphatic rings. The molecule has 2 heteroatoms. The Kier molecular flexibility index (Phi) is 6.37. The van der Waals surface area contributed by atoms with Gasteiger partial charge in [0, 0.05) is 5.60 Å². The largest absolute Gasteiger partial charge is 0.656 e. The van der Waals surface area contributed by atoms with Crippen molar-refractivity contribution in [3.8, 4) is 0 Å². The molecule has 0 rings (SSSR count). The van der Waals surface area contributed by atoms with Crippen LogP contribution in [0.3, 0.4) is 0 Å². The molecule has 1 nitrogen and oxygen atoms in total. The molecule has 0 amide bonds. The van der Waals surface area contributed by atoms with Crippen LogP contribution in [-0.2, 0) is 3.79 Å². The Hall–Kier alpha value is 0.492. The first kappa shape index (κ1) is 14.5. The van der Waals surface area contributed by atoms with Crippen LogP contribution in [0.2, 0.25) is 10.6 Å². The maximum atomic E-state index is 6.24. The molecule has 0 aromatic carbocycles. The molecule has 0 fully saturated rings. The van der Waals surface area contributed by atoms with Gasteiger partial charge in [0.15, 0.2) is 0 Å². The summed E-state index contributed by atoms with van der Waals surface area (Å²) in [4.78, 5) is 0. The third kappa shape index (κ3) is 9.06. The quantitative estimate of drug-likeness (QED) is 0.633. The van der Waals surface area contributed by atoms with Gasteiger partial charge in [-0.15, -0.1) is 0 Å². The van der Waals surface area contributed by atoms with E-state index in [4.69, 9.17) is 3.79 Å². The lowest BCUT2D eigenvalue weighted by molar-refractivity contribution is 0.125. The van der Waals surface area contributed by atoms with Crippen LogP contribution in [0, 0.1) is 11.8 Å². The number of hydrogen-bond donors (Lipinski definition) is 0. The molecule has 0 N–H and O–H groups in total. The fraction of sp³-hybridized carbons (Fsp3) is 1.00. The predicted molar refractivity (Wildman–Crippen MR) is 67.3 cm³/mol. The molecular formula is C12H28AlO-. The summed E-state index contributed by atoms with van der Waals surface area (Å²) in [7, 11) is 0. The molecule has 0 atom stereocenters. The topological polar surface area (TPSA) is 9.23 Å². The first-order valence-corrected chi connectivity index (χ1v) is 8.70. The van der Waals surface area contributed by atoms with Gasteiger partial charge in [0.1, 0.15) is 0 Å². The Balaban J connectivity index is 4.11. The van der Waals surface area contributed by atoms with Crippen LogP contribution in [0.15, 0.2) is 0 Å². The molecule has 86 valence electrons. The molecule has 0 aromatic rings. The summed E-state index contributed by atoms with van der Waals surface area (Å²) in [5.41, 5.74) is 0.0727. The number of hydrogen-bond acceptors (Lipinski definition) is 1. The molecular weight excluding hydrogens is 187 g/mol. The Morgan fingerprint density at radius 1 is 0.929 bits per heavy atom. The third-order valence-electron chi connectivity index (χ3n) is 2.44. The van der Waals surface area contributed by atoms with Crippen LogP contribution in [0.25, 0.3) is 0 Å². The average Bonchev–Trinajstić information content (AvgIpc) is 1.77. The van der Waals surface area contributed by atoms with Gasteiger partial charge in [0.2, 0.25) is 0 Å². The number of rotatable bonds is 5. The minimum absolute atomic E-state index is 0.0727. The van der Waals surface area contributed by atoms with Crippen molar-refractivity contribution in [2.75, 3.05) is 0 Å². The molecule has 14 heavy (non-hydrogen) atoms. The highest BCUT2D eigenvalue weighted by molar-refractivity contribution is 6.52. The third-order valence-corrected chi connectivity index (χ3v) is 7.31. The maximum Gasteiger partial charge on any atom is 0.278 e. The van der Waals surface area contributed by atoms with Crippen molar-refractivity contribution in [3.63, 3.8) is 0 Å². The second kappa shape index (κ2) is 6.16. The van der Waals surface area contributed by atoms with Crippen molar-refractivity contribution in [3.05, 3.63) is 0 Å². The molecule has 0 spiro atoms. The SMILES string of the molecule is CC(C)[CH2][AlH-]([CH2]C(C)C)[O]C(C)(C)C. The molecule has 0 unspecified atom stereocenters. The van der Waals surface area contributed by atoms with Crippen molar-refractivity contribution in [2.24, 2.45) is 11.8 Å². The zero-order chi connectivity index (χ0) is 11.4. The van der Waals surface area contributed by atoms with E-state index in [1.165, 1.54) is 10.6 Å². The van der Waals surface area contributed by atoms with Gasteiger partial charge in [0.25, 0.3) is 14.5 Å². The fourth-order valence-corrected chi connectivity index (χ4v) is 6.41. The molecule has 0 aliphatic carbocycles. The van der Waals surface area contributed by atoms with Gasteiger partial charge in [-0.1, -0.05) is 39.5 Å². The van der Waals surface area contributed by atoms with E-state index in [2.05, 4.69) is 48.5 Å². The minimum atomic E-state index is -1.35. The summed E-state index contributed by atoms with van der Waals surface area (Å²) in [6.45, 7) is 15.8. The first-order chi connectivity index (χ1) is 6.20. The zero-order valence-corrected chi connectivity index (χ0v) is 12.6. The van der Waals surface area contributed by atoms with Crippen LogP contribution >= 0.6 is 0 Å². The fourth-order valence-electron chi connectivity index (χ4n) is 2.14. The van der Waals surface area contributed by atoms with Crippen LogP contribution in [0.4, 0.5) is 0 Å². The highest BCUT2D eigenvalue weighted by atomic mass is 27.2. The van der Waals surface area contributed by atoms with Gasteiger partial charge in [0.05, 0.1) is 0 Å². The van der Waals surface area contributed by atoms with E-state index in [-0.39, 0.29) is 5.60 Å². The lowest BCUT2D eigenvalue weighted by Crippen LogP contribution is -2.32. The highest BCUT2D eigenvalue weighted by Crippen LogP contribution is 2.20. The van der Waals surface area contributed by atoms with Gasteiger partial charge in [-0.05, 0) is 20.8 Å². The molecule has 0 bridgehead atoms. The smallest absolute Gasteiger partial charge is 0.278 e. The van der Waals surface area contributed by atoms with Crippen LogP contribution < -0.4 is 0 Å². The molecule has 0 saturated carbocycles. The van der Waals surface area contributed by atoms with Crippen LogP contribution in [0.1, 0.15) is 48.5 Å². The van der Waals surface area contributed by atoms with Gasteiger partial charge in [-0.25, -0.2) is 0 Å². The van der Waals surface area contributed by atoms with Crippen LogP contribution in [-0.4, -0.2) is 20.1 Å². The maximum absolute atomic E-state index is 6.24. The Morgan fingerprint density at radius 2 is 1.29 bits per heavy atom. The Morgan fingerprint density at radius 3 is 1.50 bits per heavy atom. The summed E-state index contributed by atoms with van der Waals surface area (Å²) in [6.07, 6.45) is 0. The summed E-state index contributed by atoms with van der Waals surface area (Å²) < 4.78 is 6.24. The van der Waals surface area contributed by atoms with Crippen molar-refractivity contribution >= 4 is 14.5 Å². The molecule has 0 heterocycles. The van der Waals surface area contributed by atoms with E-state index in [0.717, 1.165) is 11.8 Å². The standard InChI is InChI=1S/C4H9O.2C4H9.Al.H/c1-4(2,3)5;2*1-4(2)3;;/h1-3H3;2*4H,1H2,2-3H3;;/q-1;;;;. The predicted octanol–water partition coefficient (Wildman–Crippen LogP) is 3.84. The summed E-state index contributed by atoms with van der Waals surface area (Å²) in [5.74, 6) is 1.60. The zero-order valence-electron chi connectivity index (χ0n) is 11.2. The second-order valence-corrected chi connectivity index (χ2v) is 9.35. The van der Waals surface area contributed by atoms with Gasteiger partial charge in [-0.2, -0.15) is 10.6 Å². The van der Waals surface area contributed by atoms with E-state index in [1.54, 1.807) is 0 Å². The van der Waals surface area contributed by atoms with Crippen molar-refractivity contribution < 1.29 is 3.79 Å². The summed E-state index contributed by atoms with van der Waals surface area (Å²) in [5, 5.41) is 2.70. The monoisotopic (exact) mass is 215 g/mol. The lowest BCUT2D eigenvalue weighted by atomic mass is 10.2. The van der Waals surface area contributed by atoms with E-state index >= 15 is 0 Å². The van der Waals surface area contributed by atoms with Crippen molar-refractivity contribution in [2.45, 2.75) is 64.6 Å². The van der Waals surface area contributed by atoms with E-state index in [0.29, 0.717) is 0 Å². The second-order valence-electron chi connectivity index (χ2n) is 6.38. The van der Waals surface area contributed by atoms with Crippen molar-refractivity contribution in [1.29, 1.82) is 0 Å². The van der Waals surface area contributed by atoms with E-state index < -0.39 is 14.5 Å². The van der Waals surface area contributed by atoms with Crippen molar-refractivity contribution in [1.82, 2.24) is 0 Å². The highest BCUT2D eigenvalue weighted by Gasteiger charge is 2.17. The summed E-state index contributed by atoms with van der Waals surface area (Å²) >= 11 is -1.35. The Labute approximate surface area is 95.0 Å². The van der Waals surface area contributed by atoms with Gasteiger partial charge < -0.3 is 3.79 Å². The molecule has 0 aromatic heterocycles. The van der Waals surface area contributed by atoms with Crippen LogP contribution in [0.5, 0.6) is 0 Å².